The van der Waals surface area contributed by atoms with E-state index in [9.17, 15) is 0 Å². The Hall–Kier alpha value is -1.80. The topological polar surface area (TPSA) is 14.2 Å². The molecule has 0 aliphatic heterocycles. The van der Waals surface area contributed by atoms with E-state index in [2.05, 4.69) is 67.8 Å². The van der Waals surface area contributed by atoms with E-state index in [0.717, 1.165) is 13.2 Å². The van der Waals surface area contributed by atoms with Crippen LogP contribution in [0.25, 0.3) is 21.8 Å². The highest BCUT2D eigenvalue weighted by molar-refractivity contribution is 6.08. The van der Waals surface area contributed by atoms with Gasteiger partial charge >= 0.3 is 0 Å². The maximum absolute atomic E-state index is 5.77. The molecular formula is C19H23NO. The van der Waals surface area contributed by atoms with E-state index in [-0.39, 0.29) is 0 Å². The van der Waals surface area contributed by atoms with Crippen molar-refractivity contribution in [2.24, 2.45) is 5.92 Å². The fraction of sp³-hybridized carbons (Fsp3) is 0.368. The summed E-state index contributed by atoms with van der Waals surface area (Å²) in [6.45, 7) is 9.06. The van der Waals surface area contributed by atoms with Crippen molar-refractivity contribution in [3.05, 3.63) is 48.0 Å². The standard InChI is InChI=1S/C19H23NO/c1-4-20-18-8-6-5-7-16(18)17-11-15(9-10-19(17)20)13-21-12-14(2)3/h5-11,14H,4,12-13H2,1-3H3. The number of benzene rings is 2. The van der Waals surface area contributed by atoms with Crippen molar-refractivity contribution in [1.82, 2.24) is 4.57 Å². The van der Waals surface area contributed by atoms with Gasteiger partial charge in [0.25, 0.3) is 0 Å². The average Bonchev–Trinajstić information content (AvgIpc) is 2.80. The summed E-state index contributed by atoms with van der Waals surface area (Å²) in [5, 5.41) is 2.66. The summed E-state index contributed by atoms with van der Waals surface area (Å²) in [5.74, 6) is 0.579. The summed E-state index contributed by atoms with van der Waals surface area (Å²) in [4.78, 5) is 0. The third-order valence-corrected chi connectivity index (χ3v) is 3.87. The molecule has 0 atom stereocenters. The minimum Gasteiger partial charge on any atom is -0.377 e. The Bertz CT molecular complexity index is 755. The molecule has 0 spiro atoms. The molecule has 0 N–H and O–H groups in total. The summed E-state index contributed by atoms with van der Waals surface area (Å²) >= 11 is 0. The maximum atomic E-state index is 5.77. The second-order valence-electron chi connectivity index (χ2n) is 6.02. The highest BCUT2D eigenvalue weighted by atomic mass is 16.5. The summed E-state index contributed by atoms with van der Waals surface area (Å²) in [7, 11) is 0. The Morgan fingerprint density at radius 2 is 1.76 bits per heavy atom. The number of hydrogen-bond acceptors (Lipinski definition) is 1. The van der Waals surface area contributed by atoms with Crippen LogP contribution in [0, 0.1) is 5.92 Å². The third-order valence-electron chi connectivity index (χ3n) is 3.87. The number of nitrogens with zero attached hydrogens (tertiary/aromatic N) is 1. The molecule has 0 fully saturated rings. The normalized spacial score (nSPS) is 11.8. The van der Waals surface area contributed by atoms with Crippen LogP contribution in [0.5, 0.6) is 0 Å². The van der Waals surface area contributed by atoms with Crippen molar-refractivity contribution in [2.45, 2.75) is 33.9 Å². The Morgan fingerprint density at radius 1 is 1.00 bits per heavy atom. The number of rotatable bonds is 5. The number of aryl methyl sites for hydroxylation is 1. The van der Waals surface area contributed by atoms with E-state index in [4.69, 9.17) is 4.74 Å². The minimum absolute atomic E-state index is 0.579. The first-order valence-corrected chi connectivity index (χ1v) is 7.78. The molecule has 110 valence electrons. The van der Waals surface area contributed by atoms with Crippen LogP contribution < -0.4 is 0 Å². The van der Waals surface area contributed by atoms with Crippen molar-refractivity contribution >= 4 is 21.8 Å². The van der Waals surface area contributed by atoms with Gasteiger partial charge in [-0.05, 0) is 36.6 Å². The molecule has 0 saturated carbocycles. The quantitative estimate of drug-likeness (QED) is 0.643. The molecule has 2 heteroatoms. The first-order valence-electron chi connectivity index (χ1n) is 7.78. The summed E-state index contributed by atoms with van der Waals surface area (Å²) in [5.41, 5.74) is 3.88. The lowest BCUT2D eigenvalue weighted by atomic mass is 10.1. The van der Waals surface area contributed by atoms with Crippen LogP contribution in [-0.2, 0) is 17.9 Å². The van der Waals surface area contributed by atoms with Crippen molar-refractivity contribution in [1.29, 1.82) is 0 Å². The van der Waals surface area contributed by atoms with Gasteiger partial charge in [0, 0.05) is 35.0 Å². The molecule has 0 saturated heterocycles. The Morgan fingerprint density at radius 3 is 2.52 bits per heavy atom. The molecule has 0 bridgehead atoms. The lowest BCUT2D eigenvalue weighted by Crippen LogP contribution is -2.01. The smallest absolute Gasteiger partial charge is 0.0717 e. The second kappa shape index (κ2) is 5.90. The van der Waals surface area contributed by atoms with Crippen LogP contribution in [0.1, 0.15) is 26.3 Å². The van der Waals surface area contributed by atoms with Crippen LogP contribution in [-0.4, -0.2) is 11.2 Å². The molecule has 1 heterocycles. The fourth-order valence-electron chi connectivity index (χ4n) is 2.94. The number of hydrogen-bond donors (Lipinski definition) is 0. The van der Waals surface area contributed by atoms with Crippen molar-refractivity contribution < 1.29 is 4.74 Å². The summed E-state index contributed by atoms with van der Waals surface area (Å²) < 4.78 is 8.15. The molecule has 0 aliphatic carbocycles. The molecule has 21 heavy (non-hydrogen) atoms. The van der Waals surface area contributed by atoms with Crippen LogP contribution >= 0.6 is 0 Å². The Kier molecular flexibility index (Phi) is 3.98. The molecule has 2 nitrogen and oxygen atoms in total. The van der Waals surface area contributed by atoms with Crippen LogP contribution in [0.15, 0.2) is 42.5 Å². The average molecular weight is 281 g/mol. The Balaban J connectivity index is 2.02. The molecule has 2 aromatic carbocycles. The van der Waals surface area contributed by atoms with E-state index >= 15 is 0 Å². The number of aromatic nitrogens is 1. The summed E-state index contributed by atoms with van der Waals surface area (Å²) in [6, 6.07) is 15.3. The van der Waals surface area contributed by atoms with Gasteiger partial charge < -0.3 is 9.30 Å². The van der Waals surface area contributed by atoms with Crippen LogP contribution in [0.4, 0.5) is 0 Å². The molecule has 0 aliphatic rings. The largest absolute Gasteiger partial charge is 0.377 e. The van der Waals surface area contributed by atoms with Gasteiger partial charge in [0.2, 0.25) is 0 Å². The zero-order valence-electron chi connectivity index (χ0n) is 13.1. The Labute approximate surface area is 126 Å². The zero-order valence-corrected chi connectivity index (χ0v) is 13.1. The van der Waals surface area contributed by atoms with Crippen molar-refractivity contribution in [3.8, 4) is 0 Å². The molecule has 0 amide bonds. The third kappa shape index (κ3) is 2.68. The van der Waals surface area contributed by atoms with Gasteiger partial charge in [0.1, 0.15) is 0 Å². The highest BCUT2D eigenvalue weighted by Crippen LogP contribution is 2.29. The number of para-hydroxylation sites is 1. The molecule has 3 aromatic rings. The molecule has 0 radical (unpaired) electrons. The fourth-order valence-corrected chi connectivity index (χ4v) is 2.94. The minimum atomic E-state index is 0.579. The maximum Gasteiger partial charge on any atom is 0.0717 e. The second-order valence-corrected chi connectivity index (χ2v) is 6.02. The number of fused-ring (bicyclic) bond motifs is 3. The van der Waals surface area contributed by atoms with Gasteiger partial charge in [-0.2, -0.15) is 0 Å². The van der Waals surface area contributed by atoms with Gasteiger partial charge in [-0.1, -0.05) is 38.1 Å². The van der Waals surface area contributed by atoms with Gasteiger partial charge in [-0.25, -0.2) is 0 Å². The van der Waals surface area contributed by atoms with E-state index < -0.39 is 0 Å². The number of ether oxygens (including phenoxy) is 1. The first-order chi connectivity index (χ1) is 10.2. The van der Waals surface area contributed by atoms with Crippen LogP contribution in [0.3, 0.4) is 0 Å². The van der Waals surface area contributed by atoms with Crippen molar-refractivity contribution in [3.63, 3.8) is 0 Å². The van der Waals surface area contributed by atoms with E-state index in [0.29, 0.717) is 12.5 Å². The first kappa shape index (κ1) is 14.2. The van der Waals surface area contributed by atoms with Crippen LogP contribution in [0.2, 0.25) is 0 Å². The van der Waals surface area contributed by atoms with E-state index in [1.54, 1.807) is 0 Å². The lowest BCUT2D eigenvalue weighted by Gasteiger charge is -2.07. The SMILES string of the molecule is CCn1c2ccccc2c2cc(COCC(C)C)ccc21. The van der Waals surface area contributed by atoms with E-state index in [1.165, 1.54) is 27.4 Å². The van der Waals surface area contributed by atoms with E-state index in [1.807, 2.05) is 0 Å². The molecule has 1 aromatic heterocycles. The summed E-state index contributed by atoms with van der Waals surface area (Å²) in [6.07, 6.45) is 0. The van der Waals surface area contributed by atoms with Gasteiger partial charge in [-0.15, -0.1) is 0 Å². The molecule has 0 unspecified atom stereocenters. The van der Waals surface area contributed by atoms with Gasteiger partial charge in [0.05, 0.1) is 6.61 Å². The predicted octanol–water partition coefficient (Wildman–Crippen LogP) is 4.99. The van der Waals surface area contributed by atoms with Crippen molar-refractivity contribution in [2.75, 3.05) is 6.61 Å². The highest BCUT2D eigenvalue weighted by Gasteiger charge is 2.09. The molecule has 3 rings (SSSR count). The lowest BCUT2D eigenvalue weighted by molar-refractivity contribution is 0.0971. The zero-order chi connectivity index (χ0) is 14.8. The molecular weight excluding hydrogens is 258 g/mol. The predicted molar refractivity (Wildman–Crippen MR) is 89.6 cm³/mol. The monoisotopic (exact) mass is 281 g/mol. The van der Waals surface area contributed by atoms with Gasteiger partial charge in [-0.3, -0.25) is 0 Å². The van der Waals surface area contributed by atoms with Gasteiger partial charge in [0.15, 0.2) is 0 Å².